The summed E-state index contributed by atoms with van der Waals surface area (Å²) in [6.07, 6.45) is 5.46. The summed E-state index contributed by atoms with van der Waals surface area (Å²) in [6, 6.07) is 5.88. The van der Waals surface area contributed by atoms with Crippen molar-refractivity contribution in [1.29, 1.82) is 0 Å². The van der Waals surface area contributed by atoms with Crippen molar-refractivity contribution in [2.75, 3.05) is 18.5 Å². The first-order valence-corrected chi connectivity index (χ1v) is 8.67. The molecule has 3 aliphatic rings. The van der Waals surface area contributed by atoms with Crippen molar-refractivity contribution in [1.82, 2.24) is 0 Å². The number of fused-ring (bicyclic) bond motifs is 3. The quantitative estimate of drug-likeness (QED) is 0.858. The average Bonchev–Trinajstić information content (AvgIpc) is 2.54. The van der Waals surface area contributed by atoms with Crippen LogP contribution >= 0.6 is 12.4 Å². The maximum atomic E-state index is 12.6. The fraction of sp³-hybridized carbons (Fsp3) is 0.611. The minimum Gasteiger partial charge on any atom is -0.486 e. The molecule has 1 amide bonds. The number of halogens is 1. The summed E-state index contributed by atoms with van der Waals surface area (Å²) in [5.74, 6) is 2.67. The Morgan fingerprint density at radius 3 is 2.46 bits per heavy atom. The van der Waals surface area contributed by atoms with Gasteiger partial charge in [-0.1, -0.05) is 6.42 Å². The van der Waals surface area contributed by atoms with E-state index in [2.05, 4.69) is 5.32 Å². The van der Waals surface area contributed by atoms with Crippen LogP contribution in [-0.4, -0.2) is 25.2 Å². The van der Waals surface area contributed by atoms with Gasteiger partial charge >= 0.3 is 0 Å². The molecule has 0 spiro atoms. The van der Waals surface area contributed by atoms with E-state index in [9.17, 15) is 4.79 Å². The second-order valence-electron chi connectivity index (χ2n) is 7.04. The SMILES string of the molecule is Cl.NC1C2CCCC1CC(C(=O)Nc1ccc3c(c1)OCCO3)C2. The minimum atomic E-state index is 0. The molecule has 1 aromatic rings. The van der Waals surface area contributed by atoms with Gasteiger partial charge in [-0.05, 0) is 49.7 Å². The number of carbonyl (C=O) groups excluding carboxylic acids is 1. The molecule has 0 aromatic heterocycles. The molecule has 2 aliphatic carbocycles. The molecule has 5 nitrogen and oxygen atoms in total. The van der Waals surface area contributed by atoms with Gasteiger partial charge < -0.3 is 20.5 Å². The van der Waals surface area contributed by atoms with E-state index in [4.69, 9.17) is 15.2 Å². The van der Waals surface area contributed by atoms with Crippen LogP contribution in [0.1, 0.15) is 32.1 Å². The van der Waals surface area contributed by atoms with Crippen molar-refractivity contribution in [2.45, 2.75) is 38.1 Å². The molecule has 6 heteroatoms. The molecular weight excluding hydrogens is 328 g/mol. The predicted molar refractivity (Wildman–Crippen MR) is 94.8 cm³/mol. The molecule has 4 rings (SSSR count). The molecule has 2 saturated carbocycles. The van der Waals surface area contributed by atoms with E-state index in [1.54, 1.807) is 0 Å². The number of hydrogen-bond acceptors (Lipinski definition) is 4. The number of carbonyl (C=O) groups is 1. The number of ether oxygens (including phenoxy) is 2. The Morgan fingerprint density at radius 2 is 1.75 bits per heavy atom. The van der Waals surface area contributed by atoms with Crippen LogP contribution in [0.4, 0.5) is 5.69 Å². The molecule has 24 heavy (non-hydrogen) atoms. The number of hydrogen-bond donors (Lipinski definition) is 2. The Bertz CT molecular complexity index is 596. The molecular formula is C18H25ClN2O3. The van der Waals surface area contributed by atoms with Gasteiger partial charge in [-0.2, -0.15) is 0 Å². The molecule has 132 valence electrons. The molecule has 2 fully saturated rings. The van der Waals surface area contributed by atoms with Crippen molar-refractivity contribution in [3.63, 3.8) is 0 Å². The van der Waals surface area contributed by atoms with Crippen molar-refractivity contribution < 1.29 is 14.3 Å². The molecule has 1 aromatic carbocycles. The van der Waals surface area contributed by atoms with Gasteiger partial charge in [0.2, 0.25) is 5.91 Å². The summed E-state index contributed by atoms with van der Waals surface area (Å²) in [6.45, 7) is 1.12. The van der Waals surface area contributed by atoms with Gasteiger partial charge in [0.25, 0.3) is 0 Å². The largest absolute Gasteiger partial charge is 0.486 e. The lowest BCUT2D eigenvalue weighted by Crippen LogP contribution is -2.48. The van der Waals surface area contributed by atoms with E-state index in [1.807, 2.05) is 18.2 Å². The molecule has 0 saturated heterocycles. The number of benzene rings is 1. The Balaban J connectivity index is 0.00000169. The van der Waals surface area contributed by atoms with Crippen molar-refractivity contribution in [3.05, 3.63) is 18.2 Å². The Labute approximate surface area is 148 Å². The summed E-state index contributed by atoms with van der Waals surface area (Å²) >= 11 is 0. The lowest BCUT2D eigenvalue weighted by atomic mass is 9.65. The topological polar surface area (TPSA) is 73.6 Å². The fourth-order valence-electron chi connectivity index (χ4n) is 4.37. The van der Waals surface area contributed by atoms with Crippen molar-refractivity contribution in [2.24, 2.45) is 23.5 Å². The molecule has 2 bridgehead atoms. The number of amides is 1. The van der Waals surface area contributed by atoms with Crippen LogP contribution < -0.4 is 20.5 Å². The van der Waals surface area contributed by atoms with Crippen LogP contribution in [0, 0.1) is 17.8 Å². The molecule has 0 radical (unpaired) electrons. The summed E-state index contributed by atoms with van der Waals surface area (Å²) in [5, 5.41) is 3.05. The first-order chi connectivity index (χ1) is 11.2. The van der Waals surface area contributed by atoms with Crippen LogP contribution in [0.25, 0.3) is 0 Å². The highest BCUT2D eigenvalue weighted by Crippen LogP contribution is 2.42. The van der Waals surface area contributed by atoms with Crippen LogP contribution in [0.5, 0.6) is 11.5 Å². The number of rotatable bonds is 2. The Morgan fingerprint density at radius 1 is 1.08 bits per heavy atom. The van der Waals surface area contributed by atoms with Gasteiger partial charge in [0, 0.05) is 23.7 Å². The number of anilines is 1. The van der Waals surface area contributed by atoms with Crippen LogP contribution in [0.15, 0.2) is 18.2 Å². The molecule has 2 atom stereocenters. The van der Waals surface area contributed by atoms with Gasteiger partial charge in [-0.3, -0.25) is 4.79 Å². The average molecular weight is 353 g/mol. The third-order valence-corrected chi connectivity index (χ3v) is 5.59. The highest BCUT2D eigenvalue weighted by atomic mass is 35.5. The van der Waals surface area contributed by atoms with E-state index in [1.165, 1.54) is 19.3 Å². The fourth-order valence-corrected chi connectivity index (χ4v) is 4.37. The zero-order valence-corrected chi connectivity index (χ0v) is 14.5. The van der Waals surface area contributed by atoms with Crippen molar-refractivity contribution in [3.8, 4) is 11.5 Å². The van der Waals surface area contributed by atoms with E-state index in [-0.39, 0.29) is 24.2 Å². The highest BCUT2D eigenvalue weighted by Gasteiger charge is 2.40. The number of nitrogens with two attached hydrogens (primary N) is 1. The first-order valence-electron chi connectivity index (χ1n) is 8.67. The van der Waals surface area contributed by atoms with Crippen LogP contribution in [0.3, 0.4) is 0 Å². The smallest absolute Gasteiger partial charge is 0.227 e. The van der Waals surface area contributed by atoms with Gasteiger partial charge in [0.15, 0.2) is 11.5 Å². The monoisotopic (exact) mass is 352 g/mol. The Hall–Kier alpha value is -1.46. The summed E-state index contributed by atoms with van der Waals surface area (Å²) in [7, 11) is 0. The Kier molecular flexibility index (Phi) is 5.21. The zero-order valence-electron chi connectivity index (χ0n) is 13.7. The summed E-state index contributed by atoms with van der Waals surface area (Å²) < 4.78 is 11.1. The second-order valence-corrected chi connectivity index (χ2v) is 7.04. The van der Waals surface area contributed by atoms with E-state index >= 15 is 0 Å². The predicted octanol–water partition coefficient (Wildman–Crippen LogP) is 2.97. The minimum absolute atomic E-state index is 0. The van der Waals surface area contributed by atoms with Crippen LogP contribution in [0.2, 0.25) is 0 Å². The van der Waals surface area contributed by atoms with E-state index in [0.717, 1.165) is 24.3 Å². The maximum absolute atomic E-state index is 12.6. The molecule has 1 heterocycles. The number of nitrogens with one attached hydrogen (secondary N) is 1. The highest BCUT2D eigenvalue weighted by molar-refractivity contribution is 5.93. The normalized spacial score (nSPS) is 30.9. The van der Waals surface area contributed by atoms with E-state index < -0.39 is 0 Å². The third-order valence-electron chi connectivity index (χ3n) is 5.59. The van der Waals surface area contributed by atoms with E-state index in [0.29, 0.717) is 36.8 Å². The lowest BCUT2D eigenvalue weighted by molar-refractivity contribution is -0.122. The molecule has 3 N–H and O–H groups in total. The van der Waals surface area contributed by atoms with Gasteiger partial charge in [0.1, 0.15) is 13.2 Å². The maximum Gasteiger partial charge on any atom is 0.227 e. The van der Waals surface area contributed by atoms with Crippen molar-refractivity contribution >= 4 is 24.0 Å². The molecule has 1 aliphatic heterocycles. The summed E-state index contributed by atoms with van der Waals surface area (Å²) in [5.41, 5.74) is 7.09. The first kappa shape index (κ1) is 17.4. The zero-order chi connectivity index (χ0) is 15.8. The van der Waals surface area contributed by atoms with Gasteiger partial charge in [-0.15, -0.1) is 12.4 Å². The summed E-state index contributed by atoms with van der Waals surface area (Å²) in [4.78, 5) is 12.6. The standard InChI is InChI=1S/C18H24N2O3.ClH/c19-17-11-2-1-3-12(17)9-13(8-11)18(21)20-14-4-5-15-16(10-14)23-7-6-22-15;/h4-5,10-13,17H,1-3,6-9,19H2,(H,20,21);1H. The third kappa shape index (κ3) is 3.33. The molecule has 2 unspecified atom stereocenters. The van der Waals surface area contributed by atoms with Gasteiger partial charge in [-0.25, -0.2) is 0 Å². The second kappa shape index (κ2) is 7.19. The van der Waals surface area contributed by atoms with Crippen LogP contribution in [-0.2, 0) is 4.79 Å². The lowest BCUT2D eigenvalue weighted by Gasteiger charge is -2.43. The van der Waals surface area contributed by atoms with Gasteiger partial charge in [0.05, 0.1) is 0 Å².